The van der Waals surface area contributed by atoms with Crippen LogP contribution in [0.3, 0.4) is 0 Å². The van der Waals surface area contributed by atoms with Crippen LogP contribution in [0.1, 0.15) is 55.4 Å². The number of rotatable bonds is 4. The summed E-state index contributed by atoms with van der Waals surface area (Å²) in [7, 11) is 4.63. The van der Waals surface area contributed by atoms with Gasteiger partial charge in [0.05, 0.1) is 10.7 Å². The number of allylic oxidation sites excluding steroid dienone is 2. The molecule has 1 saturated carbocycles. The first-order valence-electron chi connectivity index (χ1n) is 7.17. The minimum atomic E-state index is 0.231. The minimum absolute atomic E-state index is 0.231. The molecule has 0 N–H and O–H groups in total. The Kier molecular flexibility index (Phi) is 5.02. The molecular weight excluding hydrogens is 238 g/mol. The number of hydrogen-bond acceptors (Lipinski definition) is 1. The van der Waals surface area contributed by atoms with E-state index >= 15 is 0 Å². The van der Waals surface area contributed by atoms with Crippen LogP contribution in [-0.2, 0) is 6.42 Å². The fraction of sp³-hybridized carbons (Fsp3) is 0.625. The van der Waals surface area contributed by atoms with Gasteiger partial charge in [-0.05, 0) is 25.7 Å². The van der Waals surface area contributed by atoms with Crippen molar-refractivity contribution in [3.8, 4) is 0 Å². The molecule has 0 saturated heterocycles. The van der Waals surface area contributed by atoms with E-state index in [4.69, 9.17) is 0 Å². The summed E-state index contributed by atoms with van der Waals surface area (Å²) in [5.41, 5.74) is 1.67. The van der Waals surface area contributed by atoms with E-state index in [9.17, 15) is 0 Å². The molecule has 1 unspecified atom stereocenters. The average Bonchev–Trinajstić information content (AvgIpc) is 2.81. The average molecular weight is 264 g/mol. The van der Waals surface area contributed by atoms with E-state index in [0.717, 1.165) is 12.3 Å². The Hall–Kier alpha value is -0.600. The maximum atomic E-state index is 2.43. The highest BCUT2D eigenvalue weighted by Crippen LogP contribution is 2.40. The molecule has 0 spiro atoms. The molecule has 0 bridgehead atoms. The number of hydrogen-bond donors (Lipinski definition) is 0. The lowest BCUT2D eigenvalue weighted by molar-refractivity contribution is 0.443. The van der Waals surface area contributed by atoms with Gasteiger partial charge in [-0.15, -0.1) is 4.31 Å². The van der Waals surface area contributed by atoms with Gasteiger partial charge in [-0.1, -0.05) is 31.4 Å². The summed E-state index contributed by atoms with van der Waals surface area (Å²) in [4.78, 5) is 1.67. The smallest absolute Gasteiger partial charge is 0.112 e. The first-order valence-corrected chi connectivity index (χ1v) is 8.41. The van der Waals surface area contributed by atoms with Crippen molar-refractivity contribution in [3.63, 3.8) is 0 Å². The maximum absolute atomic E-state index is 2.43. The lowest BCUT2D eigenvalue weighted by Gasteiger charge is -2.20. The van der Waals surface area contributed by atoms with Crippen LogP contribution in [0.15, 0.2) is 23.6 Å². The fourth-order valence-electron chi connectivity index (χ4n) is 2.98. The zero-order valence-electron chi connectivity index (χ0n) is 12.0. The van der Waals surface area contributed by atoms with E-state index in [1.54, 1.807) is 10.4 Å². The second kappa shape index (κ2) is 6.53. The Bertz CT molecular complexity index is 397. The van der Waals surface area contributed by atoms with Crippen LogP contribution in [0.25, 0.3) is 0 Å². The first-order chi connectivity index (χ1) is 8.74. The summed E-state index contributed by atoms with van der Waals surface area (Å²) < 4.78 is 2.37. The van der Waals surface area contributed by atoms with Crippen molar-refractivity contribution in [2.75, 3.05) is 18.4 Å². The molecule has 1 aliphatic carbocycles. The Morgan fingerprint density at radius 3 is 2.61 bits per heavy atom. The van der Waals surface area contributed by atoms with E-state index in [2.05, 4.69) is 48.9 Å². The second-order valence-corrected chi connectivity index (χ2v) is 7.54. The molecule has 0 aliphatic heterocycles. The first kappa shape index (κ1) is 13.8. The molecule has 1 heterocycles. The van der Waals surface area contributed by atoms with Crippen LogP contribution < -0.4 is 4.31 Å². The molecule has 2 heteroatoms. The second-order valence-electron chi connectivity index (χ2n) is 5.42. The largest absolute Gasteiger partial charge is 0.179 e. The lowest BCUT2D eigenvalue weighted by Crippen LogP contribution is -2.09. The van der Waals surface area contributed by atoms with Gasteiger partial charge in [-0.25, -0.2) is 0 Å². The monoisotopic (exact) mass is 264 g/mol. The van der Waals surface area contributed by atoms with Crippen molar-refractivity contribution in [2.24, 2.45) is 0 Å². The molecule has 0 aromatic carbocycles. The highest BCUT2D eigenvalue weighted by molar-refractivity contribution is 7.32. The zero-order chi connectivity index (χ0) is 13.0. The Labute approximate surface area is 115 Å². The predicted molar refractivity (Wildman–Crippen MR) is 83.3 cm³/mol. The van der Waals surface area contributed by atoms with E-state index in [1.165, 1.54) is 32.1 Å². The third kappa shape index (κ3) is 3.04. The van der Waals surface area contributed by atoms with Gasteiger partial charge in [-0.3, -0.25) is 0 Å². The maximum Gasteiger partial charge on any atom is 0.179 e. The van der Waals surface area contributed by atoms with Crippen LogP contribution in [0.5, 0.6) is 0 Å². The van der Waals surface area contributed by atoms with Gasteiger partial charge in [0.25, 0.3) is 0 Å². The van der Waals surface area contributed by atoms with Crippen LogP contribution in [0.2, 0.25) is 0 Å². The number of nitrogens with zero attached hydrogens (tertiary/aromatic N) is 1. The molecule has 100 valence electrons. The summed E-state index contributed by atoms with van der Waals surface area (Å²) in [6, 6.07) is 2.43. The normalized spacial score (nSPS) is 19.0. The predicted octanol–water partition coefficient (Wildman–Crippen LogP) is 4.80. The van der Waals surface area contributed by atoms with E-state index in [1.807, 2.05) is 0 Å². The molecule has 1 fully saturated rings. The third-order valence-corrected chi connectivity index (χ3v) is 6.02. The van der Waals surface area contributed by atoms with E-state index in [0.29, 0.717) is 0 Å². The molecular formula is C16H26NS+. The van der Waals surface area contributed by atoms with Gasteiger partial charge in [-0.2, -0.15) is 0 Å². The Balaban J connectivity index is 2.27. The van der Waals surface area contributed by atoms with Gasteiger partial charge in [0.2, 0.25) is 0 Å². The molecule has 1 nitrogen and oxygen atoms in total. The van der Waals surface area contributed by atoms with Gasteiger partial charge < -0.3 is 0 Å². The van der Waals surface area contributed by atoms with Crippen LogP contribution in [0.4, 0.5) is 0 Å². The molecule has 18 heavy (non-hydrogen) atoms. The zero-order valence-corrected chi connectivity index (χ0v) is 12.8. The van der Waals surface area contributed by atoms with Gasteiger partial charge >= 0.3 is 0 Å². The van der Waals surface area contributed by atoms with Crippen molar-refractivity contribution in [3.05, 3.63) is 34.0 Å². The molecule has 1 aromatic heterocycles. The molecule has 1 aliphatic rings. The van der Waals surface area contributed by atoms with Crippen molar-refractivity contribution in [1.29, 1.82) is 0 Å². The van der Waals surface area contributed by atoms with Gasteiger partial charge in [0, 0.05) is 32.1 Å². The summed E-state index contributed by atoms with van der Waals surface area (Å²) >= 11 is 0. The summed E-state index contributed by atoms with van der Waals surface area (Å²) in [5.74, 6) is 0.840. The summed E-state index contributed by atoms with van der Waals surface area (Å²) in [6.45, 7) is 2.12. The SMILES string of the molecule is CC=CCc1c(C2CCCCC2)cc[s+]1N(C)C. The highest BCUT2D eigenvalue weighted by Gasteiger charge is 2.27. The fourth-order valence-corrected chi connectivity index (χ4v) is 4.85. The lowest BCUT2D eigenvalue weighted by atomic mass is 9.84. The van der Waals surface area contributed by atoms with Gasteiger partial charge in [0.15, 0.2) is 10.3 Å². The van der Waals surface area contributed by atoms with Crippen molar-refractivity contribution in [1.82, 2.24) is 0 Å². The quantitative estimate of drug-likeness (QED) is 0.558. The summed E-state index contributed by atoms with van der Waals surface area (Å²) in [5, 5.41) is 2.42. The highest BCUT2D eigenvalue weighted by atomic mass is 32.2. The van der Waals surface area contributed by atoms with Crippen LogP contribution >= 0.6 is 10.7 Å². The Morgan fingerprint density at radius 1 is 1.28 bits per heavy atom. The topological polar surface area (TPSA) is 3.24 Å². The molecule has 1 aromatic rings. The summed E-state index contributed by atoms with van der Waals surface area (Å²) in [6.07, 6.45) is 12.7. The molecule has 1 atom stereocenters. The standard InChI is InChI=1S/C16H26NS/c1-4-5-11-16-15(12-13-18(16)17(2)3)14-9-7-6-8-10-14/h4-5,12-14H,6-11H2,1-3H3/q+1. The van der Waals surface area contributed by atoms with Crippen LogP contribution in [0, 0.1) is 0 Å². The Morgan fingerprint density at radius 2 is 2.00 bits per heavy atom. The van der Waals surface area contributed by atoms with E-state index in [-0.39, 0.29) is 10.7 Å². The van der Waals surface area contributed by atoms with Gasteiger partial charge in [0.1, 0.15) is 0 Å². The van der Waals surface area contributed by atoms with E-state index < -0.39 is 0 Å². The van der Waals surface area contributed by atoms with Crippen molar-refractivity contribution < 1.29 is 0 Å². The number of thiophene rings is 1. The van der Waals surface area contributed by atoms with Crippen molar-refractivity contribution in [2.45, 2.75) is 51.4 Å². The van der Waals surface area contributed by atoms with Crippen LogP contribution in [-0.4, -0.2) is 14.1 Å². The van der Waals surface area contributed by atoms with Crippen molar-refractivity contribution >= 4 is 10.7 Å². The third-order valence-electron chi connectivity index (χ3n) is 3.93. The minimum Gasteiger partial charge on any atom is -0.112 e. The molecule has 0 radical (unpaired) electrons. The molecule has 2 rings (SSSR count). The molecule has 0 amide bonds.